The fourth-order valence-corrected chi connectivity index (χ4v) is 5.31. The number of aliphatic hydroxyl groups is 1. The second-order valence-electron chi connectivity index (χ2n) is 9.92. The molecule has 1 saturated heterocycles. The van der Waals surface area contributed by atoms with E-state index < -0.39 is 17.7 Å². The normalized spacial score (nSPS) is 19.3. The Morgan fingerprint density at radius 3 is 2.62 bits per heavy atom. The minimum Gasteiger partial charge on any atom is -0.507 e. The maximum Gasteiger partial charge on any atom is 0.295 e. The fraction of sp³-hybridized carbons (Fsp3) is 0.273. The van der Waals surface area contributed by atoms with E-state index in [0.29, 0.717) is 55.2 Å². The molecule has 40 heavy (non-hydrogen) atoms. The zero-order valence-electron chi connectivity index (χ0n) is 22.8. The van der Waals surface area contributed by atoms with Gasteiger partial charge in [-0.1, -0.05) is 49.1 Å². The molecule has 7 nitrogen and oxygen atoms in total. The lowest BCUT2D eigenvalue weighted by Crippen LogP contribution is -2.31. The summed E-state index contributed by atoms with van der Waals surface area (Å²) in [5.41, 5.74) is 3.15. The van der Waals surface area contributed by atoms with Crippen molar-refractivity contribution in [1.29, 1.82) is 0 Å². The zero-order valence-corrected chi connectivity index (χ0v) is 22.8. The van der Waals surface area contributed by atoms with Crippen molar-refractivity contribution in [3.8, 4) is 17.2 Å². The maximum absolute atomic E-state index is 13.5. The van der Waals surface area contributed by atoms with E-state index in [-0.39, 0.29) is 17.4 Å². The molecule has 0 spiro atoms. The van der Waals surface area contributed by atoms with Gasteiger partial charge in [0.15, 0.2) is 11.5 Å². The Morgan fingerprint density at radius 2 is 1.88 bits per heavy atom. The molecule has 0 radical (unpaired) electrons. The van der Waals surface area contributed by atoms with Crippen LogP contribution in [0.25, 0.3) is 5.76 Å². The largest absolute Gasteiger partial charge is 0.507 e. The van der Waals surface area contributed by atoms with E-state index in [1.165, 1.54) is 4.90 Å². The first kappa shape index (κ1) is 27.1. The molecule has 0 saturated carbocycles. The Hall–Kier alpha value is -4.52. The van der Waals surface area contributed by atoms with Crippen molar-refractivity contribution in [2.45, 2.75) is 38.8 Å². The van der Waals surface area contributed by atoms with Gasteiger partial charge in [0.25, 0.3) is 11.7 Å². The molecule has 2 heterocycles. The van der Waals surface area contributed by atoms with E-state index >= 15 is 0 Å². The van der Waals surface area contributed by atoms with Crippen LogP contribution in [0.3, 0.4) is 0 Å². The zero-order chi connectivity index (χ0) is 28.2. The van der Waals surface area contributed by atoms with Crippen LogP contribution in [0.4, 0.5) is 0 Å². The van der Waals surface area contributed by atoms with Crippen LogP contribution in [0, 0.1) is 0 Å². The van der Waals surface area contributed by atoms with Gasteiger partial charge < -0.3 is 24.2 Å². The molecule has 5 rings (SSSR count). The summed E-state index contributed by atoms with van der Waals surface area (Å²) in [6.45, 7) is 8.55. The molecule has 1 N–H and O–H groups in total. The summed E-state index contributed by atoms with van der Waals surface area (Å²) in [6.07, 6.45) is 2.94. The van der Waals surface area contributed by atoms with Gasteiger partial charge in [0, 0.05) is 18.5 Å². The highest BCUT2D eigenvalue weighted by molar-refractivity contribution is 6.46. The molecule has 1 fully saturated rings. The predicted octanol–water partition coefficient (Wildman–Crippen LogP) is 5.64. The standard InChI is InChI=1S/C33H33NO6/c1-4-17-39-27-14-11-23(20-28(27)38-5-2)30-29(31(35)24-12-13-26-25(19-24)18-21(3)40-26)32(36)33(37)34(30)16-15-22-9-7-6-8-10-22/h4,6-14,19-21,30,35H,1,5,15-18H2,2-3H3/t21-,30+/m1/s1. The van der Waals surface area contributed by atoms with E-state index in [1.807, 2.05) is 50.2 Å². The fourth-order valence-electron chi connectivity index (χ4n) is 5.31. The van der Waals surface area contributed by atoms with Crippen LogP contribution in [-0.4, -0.2) is 47.6 Å². The summed E-state index contributed by atoms with van der Waals surface area (Å²) in [4.78, 5) is 28.5. The smallest absolute Gasteiger partial charge is 0.295 e. The van der Waals surface area contributed by atoms with Gasteiger partial charge in [0.1, 0.15) is 24.2 Å². The number of nitrogens with zero attached hydrogens (tertiary/aromatic N) is 1. The summed E-state index contributed by atoms with van der Waals surface area (Å²) in [6, 6.07) is 19.7. The number of hydrogen-bond acceptors (Lipinski definition) is 6. The topological polar surface area (TPSA) is 85.3 Å². The number of carbonyl (C=O) groups excluding carboxylic acids is 2. The lowest BCUT2D eigenvalue weighted by molar-refractivity contribution is -0.139. The van der Waals surface area contributed by atoms with E-state index in [9.17, 15) is 14.7 Å². The number of hydrogen-bond donors (Lipinski definition) is 1. The summed E-state index contributed by atoms with van der Waals surface area (Å²) in [5.74, 6) is 0.202. The first-order valence-corrected chi connectivity index (χ1v) is 13.5. The Morgan fingerprint density at radius 1 is 1.07 bits per heavy atom. The Labute approximate surface area is 234 Å². The van der Waals surface area contributed by atoms with E-state index in [4.69, 9.17) is 14.2 Å². The second-order valence-corrected chi connectivity index (χ2v) is 9.92. The van der Waals surface area contributed by atoms with Gasteiger partial charge >= 0.3 is 0 Å². The van der Waals surface area contributed by atoms with Crippen molar-refractivity contribution in [1.82, 2.24) is 4.90 Å². The highest BCUT2D eigenvalue weighted by Gasteiger charge is 2.46. The number of amides is 1. The second kappa shape index (κ2) is 11.7. The minimum atomic E-state index is -0.806. The highest BCUT2D eigenvalue weighted by Crippen LogP contribution is 2.43. The SMILES string of the molecule is C=CCOc1ccc([C@H]2C(=C(O)c3ccc4c(c3)C[C@@H](C)O4)C(=O)C(=O)N2CCc2ccccc2)cc1OCC. The lowest BCUT2D eigenvalue weighted by Gasteiger charge is -2.26. The van der Waals surface area contributed by atoms with E-state index in [2.05, 4.69) is 6.58 Å². The predicted molar refractivity (Wildman–Crippen MR) is 153 cm³/mol. The highest BCUT2D eigenvalue weighted by atomic mass is 16.5. The third kappa shape index (κ3) is 5.32. The molecule has 7 heteroatoms. The molecule has 0 aromatic heterocycles. The summed E-state index contributed by atoms with van der Waals surface area (Å²) in [5, 5.41) is 11.6. The van der Waals surface area contributed by atoms with Crippen LogP contribution in [0.5, 0.6) is 17.2 Å². The Balaban J connectivity index is 1.60. The van der Waals surface area contributed by atoms with Crippen molar-refractivity contribution in [3.63, 3.8) is 0 Å². The van der Waals surface area contributed by atoms with Crippen molar-refractivity contribution in [3.05, 3.63) is 107 Å². The molecule has 206 valence electrons. The maximum atomic E-state index is 13.5. The van der Waals surface area contributed by atoms with E-state index in [1.54, 1.807) is 36.4 Å². The molecular weight excluding hydrogens is 506 g/mol. The molecule has 3 aromatic rings. The van der Waals surface area contributed by atoms with Crippen LogP contribution in [0.1, 0.15) is 42.1 Å². The third-order valence-corrected chi connectivity index (χ3v) is 7.13. The Bertz CT molecular complexity index is 1460. The number of ether oxygens (including phenoxy) is 3. The molecule has 0 aliphatic carbocycles. The quantitative estimate of drug-likeness (QED) is 0.155. The van der Waals surface area contributed by atoms with Crippen LogP contribution in [-0.2, 0) is 22.4 Å². The van der Waals surface area contributed by atoms with Crippen molar-refractivity contribution in [2.24, 2.45) is 0 Å². The van der Waals surface area contributed by atoms with Crippen LogP contribution < -0.4 is 14.2 Å². The molecule has 2 aliphatic heterocycles. The number of fused-ring (bicyclic) bond motifs is 1. The molecule has 2 atom stereocenters. The summed E-state index contributed by atoms with van der Waals surface area (Å²) in [7, 11) is 0. The van der Waals surface area contributed by atoms with Crippen LogP contribution in [0.2, 0.25) is 0 Å². The average molecular weight is 540 g/mol. The monoisotopic (exact) mass is 539 g/mol. The molecule has 3 aromatic carbocycles. The molecule has 0 bridgehead atoms. The minimum absolute atomic E-state index is 0.0368. The summed E-state index contributed by atoms with van der Waals surface area (Å²) >= 11 is 0. The lowest BCUT2D eigenvalue weighted by atomic mass is 9.94. The summed E-state index contributed by atoms with van der Waals surface area (Å²) < 4.78 is 17.4. The molecule has 2 aliphatic rings. The number of Topliss-reactive ketones (excluding diaryl/α,β-unsaturated/α-hetero) is 1. The van der Waals surface area contributed by atoms with Gasteiger partial charge in [-0.15, -0.1) is 0 Å². The van der Waals surface area contributed by atoms with Gasteiger partial charge in [-0.05, 0) is 67.3 Å². The van der Waals surface area contributed by atoms with Gasteiger partial charge in [0.05, 0.1) is 18.2 Å². The number of carbonyl (C=O) groups is 2. The number of benzene rings is 3. The first-order valence-electron chi connectivity index (χ1n) is 13.5. The number of aliphatic hydroxyl groups excluding tert-OH is 1. The van der Waals surface area contributed by atoms with Gasteiger partial charge in [0.2, 0.25) is 0 Å². The van der Waals surface area contributed by atoms with Gasteiger partial charge in [-0.2, -0.15) is 0 Å². The van der Waals surface area contributed by atoms with Crippen molar-refractivity contribution in [2.75, 3.05) is 19.8 Å². The average Bonchev–Trinajstić information content (AvgIpc) is 3.46. The van der Waals surface area contributed by atoms with Crippen LogP contribution in [0.15, 0.2) is 85.0 Å². The molecule has 1 amide bonds. The molecular formula is C33H33NO6. The van der Waals surface area contributed by atoms with Crippen molar-refractivity contribution < 1.29 is 28.9 Å². The first-order chi connectivity index (χ1) is 19.4. The number of rotatable bonds is 10. The van der Waals surface area contributed by atoms with Gasteiger partial charge in [-0.25, -0.2) is 0 Å². The Kier molecular flexibility index (Phi) is 7.91. The van der Waals surface area contributed by atoms with E-state index in [0.717, 1.165) is 16.9 Å². The van der Waals surface area contributed by atoms with Crippen LogP contribution >= 0.6 is 0 Å². The number of likely N-dealkylation sites (tertiary alicyclic amines) is 1. The van der Waals surface area contributed by atoms with Crippen molar-refractivity contribution >= 4 is 17.4 Å². The third-order valence-electron chi connectivity index (χ3n) is 7.13. The molecule has 0 unspecified atom stereocenters. The van der Waals surface area contributed by atoms with Gasteiger partial charge in [-0.3, -0.25) is 9.59 Å². The number of ketones is 1.